The summed E-state index contributed by atoms with van der Waals surface area (Å²) in [4.78, 5) is 18.7. The van der Waals surface area contributed by atoms with Gasteiger partial charge >= 0.3 is 6.09 Å². The number of anilines is 1. The third kappa shape index (κ3) is 2.40. The number of halogens is 1. The lowest BCUT2D eigenvalue weighted by atomic mass is 9.92. The van der Waals surface area contributed by atoms with E-state index in [1.54, 1.807) is 6.20 Å². The second-order valence-corrected chi connectivity index (χ2v) is 5.84. The average molecular weight is 328 g/mol. The van der Waals surface area contributed by atoms with E-state index in [0.29, 0.717) is 26.2 Å². The summed E-state index contributed by atoms with van der Waals surface area (Å²) >= 11 is 3.43. The summed E-state index contributed by atoms with van der Waals surface area (Å²) < 4.78 is 6.76. The van der Waals surface area contributed by atoms with E-state index in [4.69, 9.17) is 9.84 Å². The molecule has 19 heavy (non-hydrogen) atoms. The van der Waals surface area contributed by atoms with Gasteiger partial charge in [-0.2, -0.15) is 0 Å². The predicted octanol–water partition coefficient (Wildman–Crippen LogP) is 1.41. The molecule has 0 saturated carbocycles. The summed E-state index contributed by atoms with van der Waals surface area (Å²) in [5.74, 6) is 0.894. The van der Waals surface area contributed by atoms with Crippen LogP contribution in [-0.4, -0.2) is 59.5 Å². The van der Waals surface area contributed by atoms with Crippen LogP contribution < -0.4 is 4.90 Å². The van der Waals surface area contributed by atoms with E-state index in [1.165, 1.54) is 4.90 Å². The third-order valence-electron chi connectivity index (χ3n) is 3.51. The summed E-state index contributed by atoms with van der Waals surface area (Å²) in [5, 5.41) is 8.90. The van der Waals surface area contributed by atoms with Crippen LogP contribution in [0, 0.1) is 0 Å². The van der Waals surface area contributed by atoms with Gasteiger partial charge in [-0.25, -0.2) is 9.78 Å². The van der Waals surface area contributed by atoms with E-state index < -0.39 is 6.09 Å². The van der Waals surface area contributed by atoms with Crippen molar-refractivity contribution in [2.45, 2.75) is 5.60 Å². The molecule has 1 aromatic heterocycles. The van der Waals surface area contributed by atoms with Gasteiger partial charge in [-0.15, -0.1) is 0 Å². The lowest BCUT2D eigenvalue weighted by molar-refractivity contribution is -0.137. The van der Waals surface area contributed by atoms with Gasteiger partial charge in [-0.3, -0.25) is 0 Å². The smallest absolute Gasteiger partial charge is 0.407 e. The first-order chi connectivity index (χ1) is 9.08. The first kappa shape index (κ1) is 12.7. The first-order valence-corrected chi connectivity index (χ1v) is 6.86. The topological polar surface area (TPSA) is 65.9 Å². The molecule has 3 heterocycles. The molecule has 2 aliphatic heterocycles. The zero-order chi connectivity index (χ0) is 13.5. The number of carboxylic acid groups (broad SMARTS) is 1. The van der Waals surface area contributed by atoms with Crippen LogP contribution in [0.5, 0.6) is 0 Å². The van der Waals surface area contributed by atoms with Gasteiger partial charge in [0.25, 0.3) is 0 Å². The molecular formula is C12H14BrN3O3. The first-order valence-electron chi connectivity index (χ1n) is 6.06. The van der Waals surface area contributed by atoms with Crippen LogP contribution in [0.1, 0.15) is 0 Å². The number of hydrogen-bond donors (Lipinski definition) is 1. The molecule has 6 nitrogen and oxygen atoms in total. The zero-order valence-electron chi connectivity index (χ0n) is 10.3. The lowest BCUT2D eigenvalue weighted by Crippen LogP contribution is -2.71. The molecule has 1 amide bonds. The lowest BCUT2D eigenvalue weighted by Gasteiger charge is -2.52. The number of morpholine rings is 1. The van der Waals surface area contributed by atoms with Gasteiger partial charge in [0.2, 0.25) is 0 Å². The number of hydrogen-bond acceptors (Lipinski definition) is 4. The van der Waals surface area contributed by atoms with Crippen molar-refractivity contribution in [2.24, 2.45) is 0 Å². The van der Waals surface area contributed by atoms with Crippen LogP contribution in [0.15, 0.2) is 22.8 Å². The second-order valence-electron chi connectivity index (χ2n) is 4.92. The molecule has 2 aliphatic rings. The van der Waals surface area contributed by atoms with Crippen molar-refractivity contribution in [3.8, 4) is 0 Å². The van der Waals surface area contributed by atoms with Crippen LogP contribution in [0.25, 0.3) is 0 Å². The fourth-order valence-electron chi connectivity index (χ4n) is 2.58. The summed E-state index contributed by atoms with van der Waals surface area (Å²) in [6.45, 7) is 2.93. The maximum atomic E-state index is 10.8. The number of rotatable bonds is 1. The van der Waals surface area contributed by atoms with E-state index in [0.717, 1.165) is 16.8 Å². The Morgan fingerprint density at radius 1 is 1.47 bits per heavy atom. The maximum Gasteiger partial charge on any atom is 0.407 e. The Balaban J connectivity index is 1.71. The van der Waals surface area contributed by atoms with Gasteiger partial charge in [-0.05, 0) is 12.1 Å². The average Bonchev–Trinajstić information content (AvgIpc) is 2.36. The number of pyridine rings is 1. The molecule has 1 N–H and O–H groups in total. The van der Waals surface area contributed by atoms with Crippen molar-refractivity contribution < 1.29 is 14.6 Å². The van der Waals surface area contributed by atoms with Crippen LogP contribution in [0.4, 0.5) is 10.6 Å². The number of likely N-dealkylation sites (tertiary alicyclic amines) is 1. The standard InChI is InChI=1S/C12H14BrN3O3/c13-9-1-2-14-10(5-9)15-3-4-19-12(6-15)7-16(8-12)11(17)18/h1-2,5H,3-4,6-8H2,(H,17,18). The van der Waals surface area contributed by atoms with Gasteiger partial charge in [0.15, 0.2) is 0 Å². The summed E-state index contributed by atoms with van der Waals surface area (Å²) in [5.41, 5.74) is -0.360. The maximum absolute atomic E-state index is 10.8. The van der Waals surface area contributed by atoms with Crippen LogP contribution >= 0.6 is 15.9 Å². The second kappa shape index (κ2) is 4.64. The molecule has 0 aromatic carbocycles. The number of nitrogens with zero attached hydrogens (tertiary/aromatic N) is 3. The van der Waals surface area contributed by atoms with Crippen molar-refractivity contribution in [3.05, 3.63) is 22.8 Å². The van der Waals surface area contributed by atoms with Gasteiger partial charge in [0, 0.05) is 17.2 Å². The van der Waals surface area contributed by atoms with Crippen molar-refractivity contribution in [1.29, 1.82) is 0 Å². The highest BCUT2D eigenvalue weighted by Gasteiger charge is 2.49. The molecule has 1 aromatic rings. The van der Waals surface area contributed by atoms with Crippen molar-refractivity contribution in [3.63, 3.8) is 0 Å². The Morgan fingerprint density at radius 3 is 2.95 bits per heavy atom. The molecule has 1 spiro atoms. The van der Waals surface area contributed by atoms with Gasteiger partial charge in [0.05, 0.1) is 26.2 Å². The molecule has 0 radical (unpaired) electrons. The van der Waals surface area contributed by atoms with Crippen molar-refractivity contribution in [1.82, 2.24) is 9.88 Å². The van der Waals surface area contributed by atoms with Crippen molar-refractivity contribution >= 4 is 27.8 Å². The molecule has 7 heteroatoms. The Kier molecular flexibility index (Phi) is 3.10. The minimum Gasteiger partial charge on any atom is -0.465 e. The van der Waals surface area contributed by atoms with E-state index >= 15 is 0 Å². The number of carbonyl (C=O) groups is 1. The highest BCUT2D eigenvalue weighted by Crippen LogP contribution is 2.31. The summed E-state index contributed by atoms with van der Waals surface area (Å²) in [7, 11) is 0. The Labute approximate surface area is 119 Å². The Morgan fingerprint density at radius 2 is 2.26 bits per heavy atom. The van der Waals surface area contributed by atoms with Gasteiger partial charge < -0.3 is 19.6 Å². The highest BCUT2D eigenvalue weighted by molar-refractivity contribution is 9.10. The van der Waals surface area contributed by atoms with E-state index in [2.05, 4.69) is 25.8 Å². The minimum atomic E-state index is -0.882. The largest absolute Gasteiger partial charge is 0.465 e. The zero-order valence-corrected chi connectivity index (χ0v) is 11.8. The fraction of sp³-hybridized carbons (Fsp3) is 0.500. The molecule has 0 unspecified atom stereocenters. The minimum absolute atomic E-state index is 0.360. The quantitative estimate of drug-likeness (QED) is 0.844. The molecule has 2 fully saturated rings. The summed E-state index contributed by atoms with van der Waals surface area (Å²) in [6.07, 6.45) is 0.873. The van der Waals surface area contributed by atoms with E-state index in [9.17, 15) is 4.79 Å². The SMILES string of the molecule is O=C(O)N1CC2(C1)CN(c1cc(Br)ccn1)CCO2. The summed E-state index contributed by atoms with van der Waals surface area (Å²) in [6, 6.07) is 3.85. The molecule has 3 rings (SSSR count). The number of aromatic nitrogens is 1. The predicted molar refractivity (Wildman–Crippen MR) is 72.4 cm³/mol. The van der Waals surface area contributed by atoms with Crippen LogP contribution in [-0.2, 0) is 4.74 Å². The Bertz CT molecular complexity index is 505. The van der Waals surface area contributed by atoms with Crippen molar-refractivity contribution in [2.75, 3.05) is 37.7 Å². The number of ether oxygens (including phenoxy) is 1. The molecular weight excluding hydrogens is 314 g/mol. The molecule has 2 saturated heterocycles. The number of amides is 1. The monoisotopic (exact) mass is 327 g/mol. The fourth-order valence-corrected chi connectivity index (χ4v) is 2.91. The third-order valence-corrected chi connectivity index (χ3v) is 4.00. The normalized spacial score (nSPS) is 21.3. The van der Waals surface area contributed by atoms with E-state index in [-0.39, 0.29) is 5.60 Å². The highest BCUT2D eigenvalue weighted by atomic mass is 79.9. The van der Waals surface area contributed by atoms with Gasteiger partial charge in [0.1, 0.15) is 11.4 Å². The van der Waals surface area contributed by atoms with Crippen LogP contribution in [0.2, 0.25) is 0 Å². The Hall–Kier alpha value is -1.34. The molecule has 102 valence electrons. The van der Waals surface area contributed by atoms with Crippen LogP contribution in [0.3, 0.4) is 0 Å². The van der Waals surface area contributed by atoms with E-state index in [1.807, 2.05) is 12.1 Å². The van der Waals surface area contributed by atoms with Gasteiger partial charge in [-0.1, -0.05) is 15.9 Å². The molecule has 0 bridgehead atoms. The molecule has 0 atom stereocenters. The molecule has 0 aliphatic carbocycles.